The molecule has 2 nitrogen and oxygen atoms in total. The lowest BCUT2D eigenvalue weighted by Gasteiger charge is -2.12. The van der Waals surface area contributed by atoms with Gasteiger partial charge in [-0.1, -0.05) is 12.1 Å². The first-order valence-electron chi connectivity index (χ1n) is 4.75. The molecule has 1 fully saturated rings. The molecule has 2 N–H and O–H groups in total. The predicted molar refractivity (Wildman–Crippen MR) is 60.6 cm³/mol. The molecule has 1 aromatic carbocycles. The highest BCUT2D eigenvalue weighted by Gasteiger charge is 2.38. The minimum absolute atomic E-state index is 0.0505. The van der Waals surface area contributed by atoms with Crippen LogP contribution in [0.3, 0.4) is 0 Å². The second kappa shape index (κ2) is 3.55. The standard InChI is InChI=1S/C11H14BrNO/c1-14-9-4-2-3-8(10(9)12)7-11(13)5-6-11/h2-4H,5-7,13H2,1H3. The molecule has 0 unspecified atom stereocenters. The summed E-state index contributed by atoms with van der Waals surface area (Å²) < 4.78 is 6.27. The fourth-order valence-corrected chi connectivity index (χ4v) is 2.13. The van der Waals surface area contributed by atoms with Crippen molar-refractivity contribution in [3.8, 4) is 5.75 Å². The lowest BCUT2D eigenvalue weighted by atomic mass is 10.1. The molecule has 0 bridgehead atoms. The highest BCUT2D eigenvalue weighted by Crippen LogP contribution is 2.39. The molecule has 1 aromatic rings. The molecule has 1 aliphatic rings. The van der Waals surface area contributed by atoms with E-state index in [1.165, 1.54) is 5.56 Å². The fraction of sp³-hybridized carbons (Fsp3) is 0.455. The van der Waals surface area contributed by atoms with Crippen molar-refractivity contribution in [3.05, 3.63) is 28.2 Å². The molecule has 76 valence electrons. The molecule has 14 heavy (non-hydrogen) atoms. The van der Waals surface area contributed by atoms with Crippen molar-refractivity contribution in [1.29, 1.82) is 0 Å². The Morgan fingerprint density at radius 1 is 1.50 bits per heavy atom. The Kier molecular flexibility index (Phi) is 2.54. The molecular formula is C11H14BrNO. The van der Waals surface area contributed by atoms with Crippen molar-refractivity contribution >= 4 is 15.9 Å². The van der Waals surface area contributed by atoms with Crippen LogP contribution in [0.4, 0.5) is 0 Å². The minimum Gasteiger partial charge on any atom is -0.496 e. The van der Waals surface area contributed by atoms with Crippen molar-refractivity contribution in [1.82, 2.24) is 0 Å². The SMILES string of the molecule is COc1cccc(CC2(N)CC2)c1Br. The average molecular weight is 256 g/mol. The maximum atomic E-state index is 6.08. The zero-order chi connectivity index (χ0) is 10.2. The van der Waals surface area contributed by atoms with Crippen molar-refractivity contribution in [3.63, 3.8) is 0 Å². The number of benzene rings is 1. The Morgan fingerprint density at radius 2 is 2.21 bits per heavy atom. The topological polar surface area (TPSA) is 35.2 Å². The van der Waals surface area contributed by atoms with Crippen LogP contribution in [0.5, 0.6) is 5.75 Å². The normalized spacial score (nSPS) is 17.9. The summed E-state index contributed by atoms with van der Waals surface area (Å²) in [6.45, 7) is 0. The number of hydrogen-bond donors (Lipinski definition) is 1. The molecule has 3 heteroatoms. The van der Waals surface area contributed by atoms with Gasteiger partial charge in [0, 0.05) is 5.54 Å². The van der Waals surface area contributed by atoms with E-state index in [2.05, 4.69) is 22.0 Å². The van der Waals surface area contributed by atoms with Gasteiger partial charge in [0.25, 0.3) is 0 Å². The first-order chi connectivity index (χ1) is 6.64. The summed E-state index contributed by atoms with van der Waals surface area (Å²) in [6.07, 6.45) is 3.21. The zero-order valence-corrected chi connectivity index (χ0v) is 9.80. The highest BCUT2D eigenvalue weighted by molar-refractivity contribution is 9.10. The Hall–Kier alpha value is -0.540. The summed E-state index contributed by atoms with van der Waals surface area (Å²) in [5, 5.41) is 0. The minimum atomic E-state index is 0.0505. The van der Waals surface area contributed by atoms with Crippen LogP contribution in [-0.4, -0.2) is 12.6 Å². The zero-order valence-electron chi connectivity index (χ0n) is 8.22. The maximum absolute atomic E-state index is 6.08. The third-order valence-corrected chi connectivity index (χ3v) is 3.60. The van der Waals surface area contributed by atoms with Crippen LogP contribution in [0.25, 0.3) is 0 Å². The molecule has 0 amide bonds. The van der Waals surface area contributed by atoms with Crippen molar-refractivity contribution < 1.29 is 4.74 Å². The molecule has 1 aliphatic carbocycles. The molecule has 0 atom stereocenters. The monoisotopic (exact) mass is 255 g/mol. The lowest BCUT2D eigenvalue weighted by molar-refractivity contribution is 0.411. The Balaban J connectivity index is 2.24. The van der Waals surface area contributed by atoms with Gasteiger partial charge >= 0.3 is 0 Å². The van der Waals surface area contributed by atoms with Gasteiger partial charge in [-0.25, -0.2) is 0 Å². The fourth-order valence-electron chi connectivity index (χ4n) is 1.57. The van der Waals surface area contributed by atoms with E-state index in [1.807, 2.05) is 12.1 Å². The maximum Gasteiger partial charge on any atom is 0.133 e. The summed E-state index contributed by atoms with van der Waals surface area (Å²) in [6, 6.07) is 6.05. The molecule has 1 saturated carbocycles. The van der Waals surface area contributed by atoms with Gasteiger partial charge in [0.2, 0.25) is 0 Å². The number of halogens is 1. The Bertz CT molecular complexity index is 347. The van der Waals surface area contributed by atoms with Crippen LogP contribution in [0.1, 0.15) is 18.4 Å². The summed E-state index contributed by atoms with van der Waals surface area (Å²) >= 11 is 3.54. The van der Waals surface area contributed by atoms with Crippen molar-refractivity contribution in [2.75, 3.05) is 7.11 Å². The van der Waals surface area contributed by atoms with Crippen molar-refractivity contribution in [2.45, 2.75) is 24.8 Å². The molecule has 0 heterocycles. The van der Waals surface area contributed by atoms with E-state index in [1.54, 1.807) is 7.11 Å². The second-order valence-corrected chi connectivity index (χ2v) is 4.77. The second-order valence-electron chi connectivity index (χ2n) is 3.97. The number of ether oxygens (including phenoxy) is 1. The third kappa shape index (κ3) is 1.93. The van der Waals surface area contributed by atoms with Gasteiger partial charge in [0.1, 0.15) is 5.75 Å². The molecule has 0 aromatic heterocycles. The largest absolute Gasteiger partial charge is 0.496 e. The summed E-state index contributed by atoms with van der Waals surface area (Å²) in [4.78, 5) is 0. The summed E-state index contributed by atoms with van der Waals surface area (Å²) in [5.41, 5.74) is 7.37. The molecule has 0 radical (unpaired) electrons. The van der Waals surface area contributed by atoms with Gasteiger partial charge in [0.15, 0.2) is 0 Å². The number of nitrogens with two attached hydrogens (primary N) is 1. The van der Waals surface area contributed by atoms with Crippen LogP contribution in [-0.2, 0) is 6.42 Å². The van der Waals surface area contributed by atoms with Crippen LogP contribution < -0.4 is 10.5 Å². The van der Waals surface area contributed by atoms with Gasteiger partial charge < -0.3 is 10.5 Å². The predicted octanol–water partition coefficient (Wildman–Crippen LogP) is 2.49. The van der Waals surface area contributed by atoms with Crippen LogP contribution in [0, 0.1) is 0 Å². The van der Waals surface area contributed by atoms with Crippen LogP contribution >= 0.6 is 15.9 Å². The van der Waals surface area contributed by atoms with Gasteiger partial charge in [-0.2, -0.15) is 0 Å². The first-order valence-corrected chi connectivity index (χ1v) is 5.54. The Labute approximate surface area is 92.6 Å². The van der Waals surface area contributed by atoms with E-state index in [0.717, 1.165) is 29.5 Å². The van der Waals surface area contributed by atoms with Crippen LogP contribution in [0.15, 0.2) is 22.7 Å². The van der Waals surface area contributed by atoms with Gasteiger partial charge in [-0.05, 0) is 46.8 Å². The smallest absolute Gasteiger partial charge is 0.133 e. The van der Waals surface area contributed by atoms with Gasteiger partial charge in [-0.3, -0.25) is 0 Å². The number of rotatable bonds is 3. The third-order valence-electron chi connectivity index (χ3n) is 2.70. The number of hydrogen-bond acceptors (Lipinski definition) is 2. The first kappa shape index (κ1) is 9.99. The summed E-state index contributed by atoms with van der Waals surface area (Å²) in [7, 11) is 1.68. The van der Waals surface area contributed by atoms with E-state index in [4.69, 9.17) is 10.5 Å². The van der Waals surface area contributed by atoms with Crippen LogP contribution in [0.2, 0.25) is 0 Å². The van der Waals surface area contributed by atoms with Crippen molar-refractivity contribution in [2.24, 2.45) is 5.73 Å². The molecule has 2 rings (SSSR count). The quantitative estimate of drug-likeness (QED) is 0.901. The Morgan fingerprint density at radius 3 is 2.79 bits per heavy atom. The van der Waals surface area contributed by atoms with E-state index in [9.17, 15) is 0 Å². The van der Waals surface area contributed by atoms with Gasteiger partial charge in [-0.15, -0.1) is 0 Å². The van der Waals surface area contributed by atoms with E-state index in [0.29, 0.717) is 0 Å². The average Bonchev–Trinajstić information content (AvgIpc) is 2.88. The van der Waals surface area contributed by atoms with Gasteiger partial charge in [0.05, 0.1) is 11.6 Å². The van der Waals surface area contributed by atoms with E-state index in [-0.39, 0.29) is 5.54 Å². The van der Waals surface area contributed by atoms with E-state index < -0.39 is 0 Å². The van der Waals surface area contributed by atoms with E-state index >= 15 is 0 Å². The molecule has 0 saturated heterocycles. The summed E-state index contributed by atoms with van der Waals surface area (Å²) in [5.74, 6) is 0.881. The molecule has 0 aliphatic heterocycles. The number of methoxy groups -OCH3 is 1. The highest BCUT2D eigenvalue weighted by atomic mass is 79.9. The molecular weight excluding hydrogens is 242 g/mol. The lowest BCUT2D eigenvalue weighted by Crippen LogP contribution is -2.24. The molecule has 0 spiro atoms.